The molecule has 0 unspecified atom stereocenters. The highest BCUT2D eigenvalue weighted by molar-refractivity contribution is 5.92. The molecule has 156 valence electrons. The number of hydrogen-bond donors (Lipinski definition) is 0. The minimum atomic E-state index is -0.159. The van der Waals surface area contributed by atoms with Gasteiger partial charge in [0, 0.05) is 38.5 Å². The fourth-order valence-electron chi connectivity index (χ4n) is 4.17. The Labute approximate surface area is 170 Å². The standard InChI is InChI=1S/C20H28N6O3/c1-13(2)10-17(27)24-6-4-15(5-7-24)19-23-22-16-11-25(8-9-26(16)19)20(28)18-14(3)21-12-29-18/h12-13,15H,4-11H2,1-3H3. The highest BCUT2D eigenvalue weighted by atomic mass is 16.3. The molecule has 0 aromatic carbocycles. The van der Waals surface area contributed by atoms with Gasteiger partial charge in [-0.05, 0) is 25.7 Å². The van der Waals surface area contributed by atoms with E-state index in [2.05, 4.69) is 33.6 Å². The number of fused-ring (bicyclic) bond motifs is 1. The van der Waals surface area contributed by atoms with E-state index in [1.165, 1.54) is 6.39 Å². The Bertz CT molecular complexity index is 894. The molecule has 0 N–H and O–H groups in total. The minimum absolute atomic E-state index is 0.159. The zero-order chi connectivity index (χ0) is 20.5. The Morgan fingerprint density at radius 2 is 1.90 bits per heavy atom. The number of carbonyl (C=O) groups is 2. The van der Waals surface area contributed by atoms with Crippen LogP contribution in [0, 0.1) is 12.8 Å². The van der Waals surface area contributed by atoms with Gasteiger partial charge in [0.1, 0.15) is 5.82 Å². The molecule has 4 rings (SSSR count). The van der Waals surface area contributed by atoms with Crippen LogP contribution in [-0.2, 0) is 17.9 Å². The van der Waals surface area contributed by atoms with Crippen molar-refractivity contribution in [3.05, 3.63) is 29.5 Å². The summed E-state index contributed by atoms with van der Waals surface area (Å²) in [5.41, 5.74) is 0.599. The van der Waals surface area contributed by atoms with Gasteiger partial charge in [-0.1, -0.05) is 13.8 Å². The molecule has 0 bridgehead atoms. The largest absolute Gasteiger partial charge is 0.438 e. The van der Waals surface area contributed by atoms with Crippen molar-refractivity contribution < 1.29 is 14.0 Å². The predicted octanol–water partition coefficient (Wildman–Crippen LogP) is 1.98. The molecule has 9 heteroatoms. The van der Waals surface area contributed by atoms with E-state index in [0.717, 1.165) is 37.6 Å². The molecule has 9 nitrogen and oxygen atoms in total. The maximum atomic E-state index is 12.7. The van der Waals surface area contributed by atoms with E-state index in [0.29, 0.717) is 43.6 Å². The second-order valence-electron chi connectivity index (χ2n) is 8.37. The third-order valence-corrected chi connectivity index (χ3v) is 5.80. The highest BCUT2D eigenvalue weighted by Gasteiger charge is 2.32. The molecule has 1 fully saturated rings. The zero-order valence-corrected chi connectivity index (χ0v) is 17.3. The Morgan fingerprint density at radius 1 is 1.14 bits per heavy atom. The van der Waals surface area contributed by atoms with Crippen LogP contribution in [-0.4, -0.2) is 61.0 Å². The lowest BCUT2D eigenvalue weighted by atomic mass is 9.95. The van der Waals surface area contributed by atoms with Crippen LogP contribution in [0.3, 0.4) is 0 Å². The van der Waals surface area contributed by atoms with Gasteiger partial charge in [0.15, 0.2) is 12.2 Å². The number of oxazole rings is 1. The van der Waals surface area contributed by atoms with Crippen molar-refractivity contribution in [3.63, 3.8) is 0 Å². The molecule has 1 saturated heterocycles. The smallest absolute Gasteiger partial charge is 0.292 e. The van der Waals surface area contributed by atoms with Gasteiger partial charge in [0.2, 0.25) is 11.7 Å². The average molecular weight is 400 g/mol. The summed E-state index contributed by atoms with van der Waals surface area (Å²) >= 11 is 0. The van der Waals surface area contributed by atoms with Crippen LogP contribution >= 0.6 is 0 Å². The van der Waals surface area contributed by atoms with Gasteiger partial charge in [-0.3, -0.25) is 9.59 Å². The molecular weight excluding hydrogens is 372 g/mol. The van der Waals surface area contributed by atoms with Gasteiger partial charge in [-0.15, -0.1) is 10.2 Å². The van der Waals surface area contributed by atoms with Crippen molar-refractivity contribution in [2.45, 2.75) is 59.0 Å². The summed E-state index contributed by atoms with van der Waals surface area (Å²) < 4.78 is 7.39. The van der Waals surface area contributed by atoms with E-state index in [1.807, 2.05) is 4.90 Å². The molecule has 0 saturated carbocycles. The first-order valence-corrected chi connectivity index (χ1v) is 10.3. The number of nitrogens with zero attached hydrogens (tertiary/aromatic N) is 6. The maximum absolute atomic E-state index is 12.7. The lowest BCUT2D eigenvalue weighted by Gasteiger charge is -2.33. The first kappa shape index (κ1) is 19.6. The van der Waals surface area contributed by atoms with E-state index in [1.54, 1.807) is 11.8 Å². The normalized spacial score (nSPS) is 17.7. The number of piperidine rings is 1. The molecule has 29 heavy (non-hydrogen) atoms. The van der Waals surface area contributed by atoms with Crippen LogP contribution in [0.5, 0.6) is 0 Å². The number of likely N-dealkylation sites (tertiary alicyclic amines) is 1. The quantitative estimate of drug-likeness (QED) is 0.778. The van der Waals surface area contributed by atoms with E-state index in [9.17, 15) is 9.59 Å². The van der Waals surface area contributed by atoms with Crippen LogP contribution < -0.4 is 0 Å². The van der Waals surface area contributed by atoms with E-state index < -0.39 is 0 Å². The summed E-state index contributed by atoms with van der Waals surface area (Å²) in [5, 5.41) is 8.80. The number of aromatic nitrogens is 4. The Morgan fingerprint density at radius 3 is 2.55 bits per heavy atom. The SMILES string of the molecule is Cc1ncoc1C(=O)N1CCn2c(nnc2C2CCN(C(=O)CC(C)C)CC2)C1. The van der Waals surface area contributed by atoms with Gasteiger partial charge in [0.25, 0.3) is 5.91 Å². The van der Waals surface area contributed by atoms with Crippen molar-refractivity contribution in [1.29, 1.82) is 0 Å². The monoisotopic (exact) mass is 400 g/mol. The zero-order valence-electron chi connectivity index (χ0n) is 17.3. The van der Waals surface area contributed by atoms with Crippen molar-refractivity contribution in [1.82, 2.24) is 29.5 Å². The molecule has 4 heterocycles. The lowest BCUT2D eigenvalue weighted by molar-refractivity contribution is -0.133. The summed E-state index contributed by atoms with van der Waals surface area (Å²) in [4.78, 5) is 32.7. The van der Waals surface area contributed by atoms with Crippen LogP contribution in [0.1, 0.15) is 66.9 Å². The van der Waals surface area contributed by atoms with E-state index >= 15 is 0 Å². The van der Waals surface area contributed by atoms with Crippen molar-refractivity contribution >= 4 is 11.8 Å². The first-order valence-electron chi connectivity index (χ1n) is 10.3. The number of rotatable bonds is 4. The van der Waals surface area contributed by atoms with Crippen molar-refractivity contribution in [2.75, 3.05) is 19.6 Å². The summed E-state index contributed by atoms with van der Waals surface area (Å²) in [6.45, 7) is 9.13. The number of hydrogen-bond acceptors (Lipinski definition) is 6. The summed E-state index contributed by atoms with van der Waals surface area (Å²) in [5.74, 6) is 2.85. The third kappa shape index (κ3) is 3.90. The highest BCUT2D eigenvalue weighted by Crippen LogP contribution is 2.29. The van der Waals surface area contributed by atoms with Crippen LogP contribution in [0.4, 0.5) is 0 Å². The number of carbonyl (C=O) groups excluding carboxylic acids is 2. The van der Waals surface area contributed by atoms with Crippen molar-refractivity contribution in [3.8, 4) is 0 Å². The van der Waals surface area contributed by atoms with Crippen LogP contribution in [0.2, 0.25) is 0 Å². The molecular formula is C20H28N6O3. The topological polar surface area (TPSA) is 97.4 Å². The molecule has 0 spiro atoms. The fraction of sp³-hybridized carbons (Fsp3) is 0.650. The Balaban J connectivity index is 1.40. The first-order chi connectivity index (χ1) is 13.9. The number of aryl methyl sites for hydroxylation is 1. The van der Waals surface area contributed by atoms with Crippen LogP contribution in [0.15, 0.2) is 10.8 Å². The number of amides is 2. The van der Waals surface area contributed by atoms with Gasteiger partial charge in [-0.25, -0.2) is 4.98 Å². The van der Waals surface area contributed by atoms with E-state index in [4.69, 9.17) is 4.42 Å². The predicted molar refractivity (Wildman–Crippen MR) is 104 cm³/mol. The maximum Gasteiger partial charge on any atom is 0.292 e. The minimum Gasteiger partial charge on any atom is -0.438 e. The molecule has 0 radical (unpaired) electrons. The van der Waals surface area contributed by atoms with Gasteiger partial charge < -0.3 is 18.8 Å². The second kappa shape index (κ2) is 7.96. The summed E-state index contributed by atoms with van der Waals surface area (Å²) in [6.07, 6.45) is 3.72. The lowest BCUT2D eigenvalue weighted by Crippen LogP contribution is -2.40. The summed E-state index contributed by atoms with van der Waals surface area (Å²) in [7, 11) is 0. The Kier molecular flexibility index (Phi) is 5.38. The van der Waals surface area contributed by atoms with Crippen molar-refractivity contribution in [2.24, 2.45) is 5.92 Å². The van der Waals surface area contributed by atoms with Gasteiger partial charge in [0.05, 0.1) is 12.2 Å². The third-order valence-electron chi connectivity index (χ3n) is 5.80. The molecule has 2 aliphatic heterocycles. The van der Waals surface area contributed by atoms with Crippen LogP contribution in [0.25, 0.3) is 0 Å². The molecule has 2 amide bonds. The molecule has 2 aliphatic rings. The average Bonchev–Trinajstić information content (AvgIpc) is 3.32. The summed E-state index contributed by atoms with van der Waals surface area (Å²) in [6, 6.07) is 0. The fourth-order valence-corrected chi connectivity index (χ4v) is 4.17. The second-order valence-corrected chi connectivity index (χ2v) is 8.37. The molecule has 2 aromatic rings. The van der Waals surface area contributed by atoms with Gasteiger partial charge >= 0.3 is 0 Å². The van der Waals surface area contributed by atoms with Gasteiger partial charge in [-0.2, -0.15) is 0 Å². The molecule has 0 atom stereocenters. The molecule has 0 aliphatic carbocycles. The van der Waals surface area contributed by atoms with E-state index in [-0.39, 0.29) is 17.6 Å². The Hall–Kier alpha value is -2.71. The molecule has 2 aromatic heterocycles.